The number of rotatable bonds is 3. The van der Waals surface area contributed by atoms with Crippen LogP contribution in [0.15, 0.2) is 22.8 Å². The fourth-order valence-electron chi connectivity index (χ4n) is 2.23. The van der Waals surface area contributed by atoms with Crippen LogP contribution in [-0.2, 0) is 6.54 Å². The molecule has 0 atom stereocenters. The van der Waals surface area contributed by atoms with E-state index in [9.17, 15) is 0 Å². The normalized spacial score (nSPS) is 17.5. The Morgan fingerprint density at radius 2 is 2.13 bits per heavy atom. The van der Waals surface area contributed by atoms with Gasteiger partial charge in [0.1, 0.15) is 0 Å². The van der Waals surface area contributed by atoms with E-state index in [1.165, 1.54) is 25.7 Å². The van der Waals surface area contributed by atoms with Gasteiger partial charge in [-0.25, -0.2) is 0 Å². The van der Waals surface area contributed by atoms with Crippen LogP contribution < -0.4 is 0 Å². The van der Waals surface area contributed by atoms with Crippen molar-refractivity contribution in [1.29, 1.82) is 0 Å². The zero-order valence-electron chi connectivity index (χ0n) is 9.12. The van der Waals surface area contributed by atoms with Crippen LogP contribution in [0.4, 0.5) is 0 Å². The summed E-state index contributed by atoms with van der Waals surface area (Å²) < 4.78 is 1.05. The molecule has 1 aliphatic carbocycles. The number of pyridine rings is 1. The Balaban J connectivity index is 1.92. The Morgan fingerprint density at radius 3 is 2.73 bits per heavy atom. The summed E-state index contributed by atoms with van der Waals surface area (Å²) in [5.74, 6) is 0. The molecule has 0 aromatic carbocycles. The Bertz CT molecular complexity index is 304. The van der Waals surface area contributed by atoms with Crippen molar-refractivity contribution in [3.05, 3.63) is 28.5 Å². The van der Waals surface area contributed by atoms with Crippen molar-refractivity contribution in [3.63, 3.8) is 0 Å². The number of halogens is 1. The second-order valence-corrected chi connectivity index (χ2v) is 5.24. The molecule has 1 aromatic rings. The van der Waals surface area contributed by atoms with Crippen LogP contribution in [-0.4, -0.2) is 23.0 Å². The minimum Gasteiger partial charge on any atom is -0.298 e. The van der Waals surface area contributed by atoms with E-state index in [1.807, 2.05) is 6.20 Å². The molecule has 2 rings (SSSR count). The van der Waals surface area contributed by atoms with E-state index < -0.39 is 0 Å². The molecule has 0 bridgehead atoms. The summed E-state index contributed by atoms with van der Waals surface area (Å²) in [7, 11) is 2.21. The molecular formula is C12H17BrN2. The predicted octanol–water partition coefficient (Wildman–Crippen LogP) is 3.22. The first-order chi connectivity index (χ1) is 7.25. The molecule has 3 heteroatoms. The van der Waals surface area contributed by atoms with Crippen molar-refractivity contribution >= 4 is 15.9 Å². The zero-order chi connectivity index (χ0) is 10.7. The lowest BCUT2D eigenvalue weighted by atomic mass is 10.2. The molecule has 1 fully saturated rings. The summed E-state index contributed by atoms with van der Waals surface area (Å²) in [5.41, 5.74) is 1.16. The van der Waals surface area contributed by atoms with E-state index >= 15 is 0 Å². The van der Waals surface area contributed by atoms with Gasteiger partial charge >= 0.3 is 0 Å². The number of aromatic nitrogens is 1. The largest absolute Gasteiger partial charge is 0.298 e. The minimum absolute atomic E-state index is 0.774. The summed E-state index contributed by atoms with van der Waals surface area (Å²) in [5, 5.41) is 0. The molecule has 1 saturated carbocycles. The molecule has 0 unspecified atom stereocenters. The first-order valence-corrected chi connectivity index (χ1v) is 6.35. The van der Waals surface area contributed by atoms with Crippen LogP contribution in [0, 0.1) is 0 Å². The van der Waals surface area contributed by atoms with E-state index in [4.69, 9.17) is 0 Å². The fourth-order valence-corrected chi connectivity index (χ4v) is 2.46. The molecule has 0 N–H and O–H groups in total. The van der Waals surface area contributed by atoms with Gasteiger partial charge < -0.3 is 0 Å². The SMILES string of the molecule is CN(Cc1ccc(Br)cn1)C1CCCC1. The van der Waals surface area contributed by atoms with E-state index in [0.717, 1.165) is 22.8 Å². The molecule has 0 amide bonds. The quantitative estimate of drug-likeness (QED) is 0.837. The van der Waals surface area contributed by atoms with E-state index in [0.29, 0.717) is 0 Å². The Kier molecular flexibility index (Phi) is 3.76. The molecule has 82 valence electrons. The average Bonchev–Trinajstić information content (AvgIpc) is 2.74. The first kappa shape index (κ1) is 11.1. The lowest BCUT2D eigenvalue weighted by Crippen LogP contribution is -2.28. The van der Waals surface area contributed by atoms with E-state index in [-0.39, 0.29) is 0 Å². The molecule has 0 saturated heterocycles. The highest BCUT2D eigenvalue weighted by molar-refractivity contribution is 9.10. The second kappa shape index (κ2) is 5.08. The number of nitrogens with zero attached hydrogens (tertiary/aromatic N) is 2. The highest BCUT2D eigenvalue weighted by atomic mass is 79.9. The lowest BCUT2D eigenvalue weighted by molar-refractivity contribution is 0.235. The summed E-state index contributed by atoms with van der Waals surface area (Å²) in [6.07, 6.45) is 7.36. The molecular weight excluding hydrogens is 252 g/mol. The van der Waals surface area contributed by atoms with Gasteiger partial charge in [0, 0.05) is 23.3 Å². The zero-order valence-corrected chi connectivity index (χ0v) is 10.7. The number of hydrogen-bond acceptors (Lipinski definition) is 2. The third-order valence-corrected chi connectivity index (χ3v) is 3.62. The van der Waals surface area contributed by atoms with Gasteiger partial charge in [0.25, 0.3) is 0 Å². The molecule has 0 radical (unpaired) electrons. The third kappa shape index (κ3) is 3.02. The molecule has 0 spiro atoms. The Labute approximate surface area is 99.8 Å². The Morgan fingerprint density at radius 1 is 1.40 bits per heavy atom. The smallest absolute Gasteiger partial charge is 0.0544 e. The predicted molar refractivity (Wildman–Crippen MR) is 65.7 cm³/mol. The van der Waals surface area contributed by atoms with Crippen LogP contribution in [0.2, 0.25) is 0 Å². The van der Waals surface area contributed by atoms with E-state index in [1.54, 1.807) is 0 Å². The van der Waals surface area contributed by atoms with E-state index in [2.05, 4.69) is 45.0 Å². The molecule has 2 nitrogen and oxygen atoms in total. The van der Waals surface area contributed by atoms with Gasteiger partial charge in [0.05, 0.1) is 5.69 Å². The van der Waals surface area contributed by atoms with Gasteiger partial charge in [0.2, 0.25) is 0 Å². The van der Waals surface area contributed by atoms with Gasteiger partial charge in [0.15, 0.2) is 0 Å². The molecule has 15 heavy (non-hydrogen) atoms. The van der Waals surface area contributed by atoms with Crippen molar-refractivity contribution in [2.75, 3.05) is 7.05 Å². The topological polar surface area (TPSA) is 16.1 Å². The third-order valence-electron chi connectivity index (χ3n) is 3.15. The summed E-state index contributed by atoms with van der Waals surface area (Å²) in [6, 6.07) is 4.93. The fraction of sp³-hybridized carbons (Fsp3) is 0.583. The monoisotopic (exact) mass is 268 g/mol. The average molecular weight is 269 g/mol. The maximum atomic E-state index is 4.40. The van der Waals surface area contributed by atoms with Gasteiger partial charge in [-0.3, -0.25) is 9.88 Å². The van der Waals surface area contributed by atoms with Crippen LogP contribution >= 0.6 is 15.9 Å². The first-order valence-electron chi connectivity index (χ1n) is 5.56. The Hall–Kier alpha value is -0.410. The van der Waals surface area contributed by atoms with Crippen LogP contribution in [0.25, 0.3) is 0 Å². The second-order valence-electron chi connectivity index (χ2n) is 4.32. The van der Waals surface area contributed by atoms with Gasteiger partial charge in [-0.2, -0.15) is 0 Å². The molecule has 1 aromatic heterocycles. The van der Waals surface area contributed by atoms with Crippen LogP contribution in [0.5, 0.6) is 0 Å². The molecule has 0 aliphatic heterocycles. The summed E-state index contributed by atoms with van der Waals surface area (Å²) >= 11 is 3.40. The number of hydrogen-bond donors (Lipinski definition) is 0. The molecule has 1 aliphatic rings. The van der Waals surface area contributed by atoms with Crippen molar-refractivity contribution < 1.29 is 0 Å². The van der Waals surface area contributed by atoms with Crippen molar-refractivity contribution in [1.82, 2.24) is 9.88 Å². The summed E-state index contributed by atoms with van der Waals surface area (Å²) in [6.45, 7) is 0.970. The highest BCUT2D eigenvalue weighted by Gasteiger charge is 2.19. The maximum absolute atomic E-state index is 4.40. The minimum atomic E-state index is 0.774. The van der Waals surface area contributed by atoms with Gasteiger partial charge in [-0.05, 0) is 48.0 Å². The van der Waals surface area contributed by atoms with Crippen molar-refractivity contribution in [2.45, 2.75) is 38.3 Å². The van der Waals surface area contributed by atoms with Gasteiger partial charge in [-0.1, -0.05) is 12.8 Å². The lowest BCUT2D eigenvalue weighted by Gasteiger charge is -2.23. The van der Waals surface area contributed by atoms with Crippen LogP contribution in [0.3, 0.4) is 0 Å². The van der Waals surface area contributed by atoms with Crippen molar-refractivity contribution in [2.24, 2.45) is 0 Å². The van der Waals surface area contributed by atoms with Crippen molar-refractivity contribution in [3.8, 4) is 0 Å². The molecule has 1 heterocycles. The standard InChI is InChI=1S/C12H17BrN2/c1-15(12-4-2-3-5-12)9-11-7-6-10(13)8-14-11/h6-8,12H,2-5,9H2,1H3. The highest BCUT2D eigenvalue weighted by Crippen LogP contribution is 2.23. The van der Waals surface area contributed by atoms with Gasteiger partial charge in [-0.15, -0.1) is 0 Å². The summed E-state index contributed by atoms with van der Waals surface area (Å²) in [4.78, 5) is 6.83. The maximum Gasteiger partial charge on any atom is 0.0544 e. The van der Waals surface area contributed by atoms with Crippen LogP contribution in [0.1, 0.15) is 31.4 Å².